The standard InChI is InChI=1S/C49H30N2O3/c1-4-14-31(15-5-1)36-26-24-34(28-40(36)32-16-6-2-7-17-32)51(35-25-27-38-37-20-10-12-22-42(37)52-44(38)29-35)41-30-45-47(50-49(54-45)33-18-8-3-9-19-33)46-39-21-11-13-23-43(39)53-48(41)46/h1-30H. The van der Waals surface area contributed by atoms with E-state index in [1.165, 1.54) is 0 Å². The summed E-state index contributed by atoms with van der Waals surface area (Å²) in [6.45, 7) is 0. The fourth-order valence-electron chi connectivity index (χ4n) is 7.81. The van der Waals surface area contributed by atoms with Crippen LogP contribution in [0, 0.1) is 0 Å². The van der Waals surface area contributed by atoms with Crippen LogP contribution < -0.4 is 4.90 Å². The van der Waals surface area contributed by atoms with Crippen molar-refractivity contribution in [3.8, 4) is 33.7 Å². The van der Waals surface area contributed by atoms with Crippen LogP contribution in [0.3, 0.4) is 0 Å². The second kappa shape index (κ2) is 12.1. The van der Waals surface area contributed by atoms with Gasteiger partial charge in [0.15, 0.2) is 11.2 Å². The normalized spacial score (nSPS) is 11.7. The molecule has 0 spiro atoms. The number of rotatable bonds is 6. The molecule has 0 radical (unpaired) electrons. The molecule has 0 aliphatic rings. The number of oxazole rings is 1. The molecule has 0 saturated carbocycles. The van der Waals surface area contributed by atoms with Crippen molar-refractivity contribution in [1.29, 1.82) is 0 Å². The van der Waals surface area contributed by atoms with Crippen molar-refractivity contribution in [2.24, 2.45) is 0 Å². The number of benzene rings is 8. The SMILES string of the molecule is c1ccc(-c2nc3c(cc(N(c4ccc(-c5ccccc5)c(-c5ccccc5)c4)c4ccc5c(c4)oc4ccccc45)c4oc5ccccc5c43)o2)cc1. The largest absolute Gasteiger partial charge is 0.456 e. The lowest BCUT2D eigenvalue weighted by Gasteiger charge is -2.27. The Balaban J connectivity index is 1.22. The number of hydrogen-bond acceptors (Lipinski definition) is 5. The van der Waals surface area contributed by atoms with Crippen molar-refractivity contribution in [3.05, 3.63) is 182 Å². The third-order valence-corrected chi connectivity index (χ3v) is 10.3. The van der Waals surface area contributed by atoms with Gasteiger partial charge >= 0.3 is 0 Å². The maximum atomic E-state index is 6.83. The van der Waals surface area contributed by atoms with E-state index in [4.69, 9.17) is 18.2 Å². The van der Waals surface area contributed by atoms with Gasteiger partial charge in [0.2, 0.25) is 5.89 Å². The highest BCUT2D eigenvalue weighted by atomic mass is 16.4. The van der Waals surface area contributed by atoms with E-state index in [1.807, 2.05) is 66.7 Å². The molecule has 5 heteroatoms. The van der Waals surface area contributed by atoms with E-state index in [9.17, 15) is 0 Å². The van der Waals surface area contributed by atoms with Crippen LogP contribution in [-0.2, 0) is 0 Å². The maximum absolute atomic E-state index is 6.83. The number of furan rings is 2. The molecule has 11 rings (SSSR count). The van der Waals surface area contributed by atoms with Crippen LogP contribution in [0.5, 0.6) is 0 Å². The summed E-state index contributed by atoms with van der Waals surface area (Å²) in [6.07, 6.45) is 0. The van der Waals surface area contributed by atoms with Crippen LogP contribution >= 0.6 is 0 Å². The van der Waals surface area contributed by atoms with Gasteiger partial charge in [-0.2, -0.15) is 0 Å². The van der Waals surface area contributed by atoms with Crippen molar-refractivity contribution in [2.45, 2.75) is 0 Å². The van der Waals surface area contributed by atoms with Gasteiger partial charge in [-0.05, 0) is 70.8 Å². The van der Waals surface area contributed by atoms with E-state index >= 15 is 0 Å². The van der Waals surface area contributed by atoms with Crippen molar-refractivity contribution in [1.82, 2.24) is 4.98 Å². The summed E-state index contributed by atoms with van der Waals surface area (Å²) >= 11 is 0. The summed E-state index contributed by atoms with van der Waals surface area (Å²) < 4.78 is 19.9. The zero-order valence-corrected chi connectivity index (χ0v) is 28.9. The zero-order chi connectivity index (χ0) is 35.6. The van der Waals surface area contributed by atoms with Crippen LogP contribution in [0.15, 0.2) is 195 Å². The molecule has 54 heavy (non-hydrogen) atoms. The van der Waals surface area contributed by atoms with Crippen LogP contribution in [0.4, 0.5) is 17.1 Å². The highest BCUT2D eigenvalue weighted by Crippen LogP contribution is 2.48. The minimum absolute atomic E-state index is 0.558. The molecule has 0 fully saturated rings. The average molecular weight is 695 g/mol. The highest BCUT2D eigenvalue weighted by molar-refractivity contribution is 6.21. The van der Waals surface area contributed by atoms with Crippen molar-refractivity contribution >= 4 is 72.0 Å². The first-order chi connectivity index (χ1) is 26.8. The van der Waals surface area contributed by atoms with Gasteiger partial charge in [-0.25, -0.2) is 4.98 Å². The monoisotopic (exact) mass is 694 g/mol. The average Bonchev–Trinajstić information content (AvgIpc) is 3.95. The predicted octanol–water partition coefficient (Wildman–Crippen LogP) is 14.1. The Morgan fingerprint density at radius 1 is 0.389 bits per heavy atom. The molecule has 0 aliphatic heterocycles. The molecular formula is C49H30N2O3. The number of hydrogen-bond donors (Lipinski definition) is 0. The third kappa shape index (κ3) is 4.83. The molecule has 0 unspecified atom stereocenters. The molecule has 3 heterocycles. The molecular weight excluding hydrogens is 665 g/mol. The van der Waals surface area contributed by atoms with Gasteiger partial charge in [0.1, 0.15) is 22.3 Å². The molecule has 0 bridgehead atoms. The number of nitrogens with zero attached hydrogens (tertiary/aromatic N) is 2. The van der Waals surface area contributed by atoms with Gasteiger partial charge in [-0.3, -0.25) is 0 Å². The fraction of sp³-hybridized carbons (Fsp3) is 0. The van der Waals surface area contributed by atoms with Crippen molar-refractivity contribution < 1.29 is 13.3 Å². The van der Waals surface area contributed by atoms with E-state index < -0.39 is 0 Å². The molecule has 0 saturated heterocycles. The Morgan fingerprint density at radius 2 is 0.963 bits per heavy atom. The molecule has 8 aromatic carbocycles. The van der Waals surface area contributed by atoms with E-state index in [2.05, 4.69) is 120 Å². The number of aromatic nitrogens is 1. The number of fused-ring (bicyclic) bond motifs is 8. The Kier molecular flexibility index (Phi) is 6.79. The first kappa shape index (κ1) is 30.3. The second-order valence-corrected chi connectivity index (χ2v) is 13.5. The van der Waals surface area contributed by atoms with Crippen LogP contribution in [0.2, 0.25) is 0 Å². The fourth-order valence-corrected chi connectivity index (χ4v) is 7.81. The third-order valence-electron chi connectivity index (χ3n) is 10.3. The molecule has 11 aromatic rings. The molecule has 0 atom stereocenters. The van der Waals surface area contributed by atoms with Gasteiger partial charge < -0.3 is 18.2 Å². The molecule has 3 aromatic heterocycles. The van der Waals surface area contributed by atoms with Gasteiger partial charge in [0, 0.05) is 39.5 Å². The summed E-state index contributed by atoms with van der Waals surface area (Å²) in [4.78, 5) is 7.34. The summed E-state index contributed by atoms with van der Waals surface area (Å²) in [5, 5.41) is 4.03. The van der Waals surface area contributed by atoms with Crippen molar-refractivity contribution in [3.63, 3.8) is 0 Å². The van der Waals surface area contributed by atoms with E-state index in [-0.39, 0.29) is 0 Å². The Labute approximate surface area is 309 Å². The Morgan fingerprint density at radius 3 is 1.70 bits per heavy atom. The first-order valence-electron chi connectivity index (χ1n) is 18.0. The van der Waals surface area contributed by atoms with E-state index in [0.717, 1.165) is 94.3 Å². The predicted molar refractivity (Wildman–Crippen MR) is 220 cm³/mol. The molecule has 5 nitrogen and oxygen atoms in total. The molecule has 0 N–H and O–H groups in total. The highest BCUT2D eigenvalue weighted by Gasteiger charge is 2.26. The topological polar surface area (TPSA) is 55.6 Å². The minimum atomic E-state index is 0.558. The number of para-hydroxylation sites is 2. The lowest BCUT2D eigenvalue weighted by Crippen LogP contribution is -2.10. The smallest absolute Gasteiger partial charge is 0.227 e. The Hall–Kier alpha value is -7.37. The second-order valence-electron chi connectivity index (χ2n) is 13.5. The lowest BCUT2D eigenvalue weighted by atomic mass is 9.93. The number of anilines is 3. The molecule has 0 aliphatic carbocycles. The minimum Gasteiger partial charge on any atom is -0.456 e. The maximum Gasteiger partial charge on any atom is 0.227 e. The van der Waals surface area contributed by atoms with Gasteiger partial charge in [0.05, 0.1) is 16.8 Å². The molecule has 254 valence electrons. The lowest BCUT2D eigenvalue weighted by molar-refractivity contribution is 0.619. The molecule has 0 amide bonds. The Bertz CT molecular complexity index is 3160. The summed E-state index contributed by atoms with van der Waals surface area (Å²) in [5.74, 6) is 0.558. The van der Waals surface area contributed by atoms with E-state index in [0.29, 0.717) is 11.5 Å². The van der Waals surface area contributed by atoms with Gasteiger partial charge in [0.25, 0.3) is 0 Å². The summed E-state index contributed by atoms with van der Waals surface area (Å²) in [7, 11) is 0. The van der Waals surface area contributed by atoms with Crippen LogP contribution in [0.1, 0.15) is 0 Å². The van der Waals surface area contributed by atoms with Gasteiger partial charge in [-0.1, -0.05) is 121 Å². The quantitative estimate of drug-likeness (QED) is 0.173. The van der Waals surface area contributed by atoms with Gasteiger partial charge in [-0.15, -0.1) is 0 Å². The zero-order valence-electron chi connectivity index (χ0n) is 28.9. The van der Waals surface area contributed by atoms with Crippen molar-refractivity contribution in [2.75, 3.05) is 4.90 Å². The first-order valence-corrected chi connectivity index (χ1v) is 18.0. The van der Waals surface area contributed by atoms with Crippen LogP contribution in [-0.4, -0.2) is 4.98 Å². The summed E-state index contributed by atoms with van der Waals surface area (Å²) in [6, 6.07) is 62.6. The van der Waals surface area contributed by atoms with E-state index in [1.54, 1.807) is 0 Å². The van der Waals surface area contributed by atoms with Crippen LogP contribution in [0.25, 0.3) is 88.7 Å². The summed E-state index contributed by atoms with van der Waals surface area (Å²) in [5.41, 5.74) is 12.7.